The van der Waals surface area contributed by atoms with Crippen LogP contribution in [0.4, 0.5) is 0 Å². The summed E-state index contributed by atoms with van der Waals surface area (Å²) in [7, 11) is 1.37. The number of methoxy groups -OCH3 is 1. The zero-order chi connectivity index (χ0) is 13.0. The summed E-state index contributed by atoms with van der Waals surface area (Å²) in [4.78, 5) is 23.5. The maximum absolute atomic E-state index is 11.8. The Balaban J connectivity index is 2.01. The van der Waals surface area contributed by atoms with E-state index in [0.29, 0.717) is 0 Å². The van der Waals surface area contributed by atoms with E-state index in [0.717, 1.165) is 25.7 Å². The second kappa shape index (κ2) is 5.66. The molecule has 0 saturated heterocycles. The zero-order valence-electron chi connectivity index (χ0n) is 10.2. The fraction of sp³-hybridized carbons (Fsp3) is 0.583. The molecule has 1 heterocycles. The molecule has 0 radical (unpaired) electrons. The molecule has 1 amide bonds. The maximum Gasteiger partial charge on any atom is 0.310 e. The van der Waals surface area contributed by atoms with E-state index in [4.69, 9.17) is 4.74 Å². The molecule has 6 heteroatoms. The van der Waals surface area contributed by atoms with Crippen molar-refractivity contribution in [1.29, 1.82) is 0 Å². The first-order valence-electron chi connectivity index (χ1n) is 6.01. The van der Waals surface area contributed by atoms with E-state index < -0.39 is 0 Å². The molecular weight excluding hydrogens is 236 g/mol. The summed E-state index contributed by atoms with van der Waals surface area (Å²) in [5.74, 6) is -0.843. The van der Waals surface area contributed by atoms with Crippen molar-refractivity contribution in [3.05, 3.63) is 18.0 Å². The average molecular weight is 252 g/mol. The number of nitrogens with one attached hydrogen (secondary N) is 1. The molecule has 98 valence electrons. The highest BCUT2D eigenvalue weighted by Crippen LogP contribution is 2.25. The van der Waals surface area contributed by atoms with Gasteiger partial charge in [0.15, 0.2) is 5.69 Å². The molecule has 2 atom stereocenters. The maximum atomic E-state index is 11.8. The summed E-state index contributed by atoms with van der Waals surface area (Å²) in [6.45, 7) is 0. The molecule has 18 heavy (non-hydrogen) atoms. The Labute approximate surface area is 105 Å². The van der Waals surface area contributed by atoms with Crippen LogP contribution < -0.4 is 5.32 Å². The third kappa shape index (κ3) is 2.69. The lowest BCUT2D eigenvalue weighted by atomic mass is 9.84. The highest BCUT2D eigenvalue weighted by Gasteiger charge is 2.33. The van der Waals surface area contributed by atoms with Crippen LogP contribution in [0, 0.1) is 5.92 Å². The molecule has 1 aromatic rings. The van der Waals surface area contributed by atoms with Crippen LogP contribution in [0.25, 0.3) is 0 Å². The highest BCUT2D eigenvalue weighted by molar-refractivity contribution is 5.92. The Morgan fingerprint density at radius 1 is 1.44 bits per heavy atom. The van der Waals surface area contributed by atoms with E-state index in [1.165, 1.54) is 19.4 Å². The van der Waals surface area contributed by atoms with E-state index in [1.54, 1.807) is 0 Å². The van der Waals surface area contributed by atoms with E-state index in [2.05, 4.69) is 15.0 Å². The third-order valence-electron chi connectivity index (χ3n) is 3.26. The van der Waals surface area contributed by atoms with E-state index in [-0.39, 0.29) is 29.5 Å². The van der Waals surface area contributed by atoms with Crippen molar-refractivity contribution in [2.45, 2.75) is 31.7 Å². The smallest absolute Gasteiger partial charge is 0.310 e. The first-order valence-corrected chi connectivity index (χ1v) is 6.01. The molecule has 1 saturated carbocycles. The van der Waals surface area contributed by atoms with Crippen molar-refractivity contribution in [3.63, 3.8) is 0 Å². The molecule has 1 aliphatic rings. The molecule has 1 N–H and O–H groups in total. The lowest BCUT2D eigenvalue weighted by molar-refractivity contribution is -0.147. The Bertz CT molecular complexity index is 416. The van der Waals surface area contributed by atoms with Crippen LogP contribution in [-0.4, -0.2) is 30.2 Å². The van der Waals surface area contributed by atoms with Gasteiger partial charge in [0.25, 0.3) is 5.91 Å². The van der Waals surface area contributed by atoms with Gasteiger partial charge in [-0.2, -0.15) is 0 Å². The zero-order valence-corrected chi connectivity index (χ0v) is 10.2. The van der Waals surface area contributed by atoms with Crippen LogP contribution in [0.2, 0.25) is 0 Å². The number of carbonyl (C=O) groups is 2. The minimum atomic E-state index is -0.315. The van der Waals surface area contributed by atoms with Crippen LogP contribution in [0.1, 0.15) is 36.2 Å². The van der Waals surface area contributed by atoms with E-state index in [9.17, 15) is 9.59 Å². The van der Waals surface area contributed by atoms with Gasteiger partial charge in [0.05, 0.1) is 13.0 Å². The number of hydrogen-bond acceptors (Lipinski definition) is 5. The van der Waals surface area contributed by atoms with Gasteiger partial charge in [0.1, 0.15) is 6.26 Å². The quantitative estimate of drug-likeness (QED) is 0.816. The molecule has 0 aromatic carbocycles. The Kier molecular flexibility index (Phi) is 3.96. The lowest BCUT2D eigenvalue weighted by Gasteiger charge is -2.29. The van der Waals surface area contributed by atoms with Gasteiger partial charge in [-0.25, -0.2) is 0 Å². The number of hydrogen-bond donors (Lipinski definition) is 1. The summed E-state index contributed by atoms with van der Waals surface area (Å²) < 4.78 is 9.39. The Morgan fingerprint density at radius 2 is 2.22 bits per heavy atom. The standard InChI is InChI=1S/C12H16N2O4/c1-17-12(16)8-4-2-3-5-9(8)13-11(15)10-6-7-18-14-10/h6-9H,2-5H2,1H3,(H,13,15)/t8-,9+/m0/s1. The number of ether oxygens (including phenoxy) is 1. The van der Waals surface area contributed by atoms with Crippen LogP contribution in [0.5, 0.6) is 0 Å². The molecule has 0 aliphatic heterocycles. The molecule has 1 fully saturated rings. The molecular formula is C12H16N2O4. The van der Waals surface area contributed by atoms with Crippen molar-refractivity contribution < 1.29 is 18.8 Å². The largest absolute Gasteiger partial charge is 0.469 e. The van der Waals surface area contributed by atoms with Gasteiger partial charge in [-0.3, -0.25) is 9.59 Å². The van der Waals surface area contributed by atoms with Gasteiger partial charge < -0.3 is 14.6 Å². The lowest BCUT2D eigenvalue weighted by Crippen LogP contribution is -2.45. The topological polar surface area (TPSA) is 81.4 Å². The molecule has 1 aromatic heterocycles. The van der Waals surface area contributed by atoms with Gasteiger partial charge in [-0.05, 0) is 12.8 Å². The molecule has 0 bridgehead atoms. The van der Waals surface area contributed by atoms with Gasteiger partial charge in [0.2, 0.25) is 0 Å². The number of esters is 1. The SMILES string of the molecule is COC(=O)[C@H]1CCCC[C@H]1NC(=O)c1ccon1. The van der Waals surface area contributed by atoms with Gasteiger partial charge in [-0.1, -0.05) is 18.0 Å². The van der Waals surface area contributed by atoms with Gasteiger partial charge >= 0.3 is 5.97 Å². The summed E-state index contributed by atoms with van der Waals surface area (Å²) in [5, 5.41) is 6.39. The second-order valence-electron chi connectivity index (χ2n) is 4.38. The van der Waals surface area contributed by atoms with Gasteiger partial charge in [-0.15, -0.1) is 0 Å². The summed E-state index contributed by atoms with van der Waals surface area (Å²) in [6.07, 6.45) is 4.85. The monoisotopic (exact) mass is 252 g/mol. The minimum Gasteiger partial charge on any atom is -0.469 e. The van der Waals surface area contributed by atoms with Crippen LogP contribution in [0.3, 0.4) is 0 Å². The first kappa shape index (κ1) is 12.6. The fourth-order valence-corrected chi connectivity index (χ4v) is 2.31. The number of nitrogens with zero attached hydrogens (tertiary/aromatic N) is 1. The highest BCUT2D eigenvalue weighted by atomic mass is 16.5. The normalized spacial score (nSPS) is 23.4. The minimum absolute atomic E-state index is 0.185. The molecule has 2 rings (SSSR count). The van der Waals surface area contributed by atoms with Crippen molar-refractivity contribution in [2.75, 3.05) is 7.11 Å². The summed E-state index contributed by atoms with van der Waals surface area (Å²) in [5.41, 5.74) is 0.226. The van der Waals surface area contributed by atoms with Crippen molar-refractivity contribution in [1.82, 2.24) is 10.5 Å². The van der Waals surface area contributed by atoms with Crippen LogP contribution >= 0.6 is 0 Å². The van der Waals surface area contributed by atoms with Crippen molar-refractivity contribution >= 4 is 11.9 Å². The predicted molar refractivity (Wildman–Crippen MR) is 61.7 cm³/mol. The van der Waals surface area contributed by atoms with E-state index >= 15 is 0 Å². The van der Waals surface area contributed by atoms with Crippen molar-refractivity contribution in [2.24, 2.45) is 5.92 Å². The molecule has 0 unspecified atom stereocenters. The number of aromatic nitrogens is 1. The Hall–Kier alpha value is -1.85. The van der Waals surface area contributed by atoms with E-state index in [1.807, 2.05) is 0 Å². The Morgan fingerprint density at radius 3 is 2.89 bits per heavy atom. The van der Waals surface area contributed by atoms with Crippen LogP contribution in [-0.2, 0) is 9.53 Å². The van der Waals surface area contributed by atoms with Crippen molar-refractivity contribution in [3.8, 4) is 0 Å². The predicted octanol–water partition coefficient (Wildman–Crippen LogP) is 1.14. The second-order valence-corrected chi connectivity index (χ2v) is 4.38. The molecule has 0 spiro atoms. The first-order chi connectivity index (χ1) is 8.72. The van der Waals surface area contributed by atoms with Crippen LogP contribution in [0.15, 0.2) is 16.9 Å². The summed E-state index contributed by atoms with van der Waals surface area (Å²) >= 11 is 0. The fourth-order valence-electron chi connectivity index (χ4n) is 2.31. The van der Waals surface area contributed by atoms with Gasteiger partial charge in [0, 0.05) is 12.1 Å². The molecule has 1 aliphatic carbocycles. The summed E-state index contributed by atoms with van der Waals surface area (Å²) in [6, 6.07) is 1.31. The number of amides is 1. The number of rotatable bonds is 3. The molecule has 6 nitrogen and oxygen atoms in total. The third-order valence-corrected chi connectivity index (χ3v) is 3.26. The number of carbonyl (C=O) groups excluding carboxylic acids is 2. The average Bonchev–Trinajstić information content (AvgIpc) is 2.92.